The minimum Gasteiger partial charge on any atom is -0.506 e. The maximum Gasteiger partial charge on any atom is 0.339 e. The summed E-state index contributed by atoms with van der Waals surface area (Å²) in [7, 11) is 0. The molecule has 0 spiro atoms. The van der Waals surface area contributed by atoms with Crippen LogP contribution < -0.4 is 5.73 Å². The van der Waals surface area contributed by atoms with E-state index in [1.54, 1.807) is 24.3 Å². The van der Waals surface area contributed by atoms with Crippen molar-refractivity contribution >= 4 is 17.4 Å². The molecule has 0 saturated carbocycles. The van der Waals surface area contributed by atoms with Gasteiger partial charge in [0.05, 0.1) is 5.56 Å². The van der Waals surface area contributed by atoms with Crippen molar-refractivity contribution in [3.63, 3.8) is 0 Å². The summed E-state index contributed by atoms with van der Waals surface area (Å²) in [5, 5.41) is 19.8. The third kappa shape index (κ3) is 3.61. The van der Waals surface area contributed by atoms with Crippen LogP contribution in [0.3, 0.4) is 0 Å². The van der Waals surface area contributed by atoms with Crippen LogP contribution in [0.15, 0.2) is 55.6 Å². The molecule has 0 saturated heterocycles. The number of carboxylic acid groups (broad SMARTS) is 1. The Kier molecular flexibility index (Phi) is 5.39. The van der Waals surface area contributed by atoms with Crippen LogP contribution in [0.2, 0.25) is 0 Å². The van der Waals surface area contributed by atoms with Crippen LogP contribution in [0.5, 0.6) is 5.75 Å². The predicted octanol–water partition coefficient (Wildman–Crippen LogP) is 3.36. The summed E-state index contributed by atoms with van der Waals surface area (Å²) in [6, 6.07) is 7.59. The first-order valence-corrected chi connectivity index (χ1v) is 7.63. The third-order valence-corrected chi connectivity index (χ3v) is 3.84. The molecular formula is C20H19NO4. The number of allylic oxidation sites excluding steroid dienone is 2. The van der Waals surface area contributed by atoms with Crippen LogP contribution >= 0.6 is 0 Å². The summed E-state index contributed by atoms with van der Waals surface area (Å²) in [6.45, 7) is 7.34. The van der Waals surface area contributed by atoms with E-state index in [0.717, 1.165) is 0 Å². The van der Waals surface area contributed by atoms with Gasteiger partial charge in [-0.25, -0.2) is 4.79 Å². The van der Waals surface area contributed by atoms with Crippen LogP contribution in [0, 0.1) is 0 Å². The zero-order valence-corrected chi connectivity index (χ0v) is 13.7. The van der Waals surface area contributed by atoms with Gasteiger partial charge in [-0.2, -0.15) is 0 Å². The van der Waals surface area contributed by atoms with Gasteiger partial charge in [-0.1, -0.05) is 12.2 Å². The van der Waals surface area contributed by atoms with E-state index >= 15 is 0 Å². The fourth-order valence-corrected chi connectivity index (χ4v) is 2.67. The van der Waals surface area contributed by atoms with Gasteiger partial charge in [0.2, 0.25) is 0 Å². The molecule has 0 aliphatic carbocycles. The lowest BCUT2D eigenvalue weighted by atomic mass is 9.88. The molecule has 0 aliphatic heterocycles. The number of carboxylic acids is 1. The Hall–Kier alpha value is -3.34. The molecular weight excluding hydrogens is 318 g/mol. The second-order valence-electron chi connectivity index (χ2n) is 5.53. The summed E-state index contributed by atoms with van der Waals surface area (Å²) < 4.78 is 0. The van der Waals surface area contributed by atoms with Gasteiger partial charge >= 0.3 is 5.97 Å². The summed E-state index contributed by atoms with van der Waals surface area (Å²) >= 11 is 0. The molecule has 0 atom stereocenters. The zero-order chi connectivity index (χ0) is 18.6. The molecule has 0 unspecified atom stereocenters. The second-order valence-corrected chi connectivity index (χ2v) is 5.53. The van der Waals surface area contributed by atoms with E-state index in [1.165, 1.54) is 18.2 Å². The number of anilines is 1. The summed E-state index contributed by atoms with van der Waals surface area (Å²) in [5.74, 6) is -2.32. The highest BCUT2D eigenvalue weighted by molar-refractivity contribution is 6.13. The molecule has 0 aliphatic rings. The molecule has 2 aromatic carbocycles. The standard InChI is InChI=1S/C20H19NO4/c1-3-5-13-11-16(20(24)25)19(23)17(15(13)6-4-2)18(22)12-7-9-14(21)10-8-12/h3-4,7-11,23H,1-2,5-6,21H2,(H,24,25). The van der Waals surface area contributed by atoms with Gasteiger partial charge in [-0.15, -0.1) is 13.2 Å². The number of ketones is 1. The average molecular weight is 337 g/mol. The van der Waals surface area contributed by atoms with Gasteiger partial charge in [0.15, 0.2) is 5.78 Å². The lowest BCUT2D eigenvalue weighted by Gasteiger charge is -2.16. The smallest absolute Gasteiger partial charge is 0.339 e. The molecule has 128 valence electrons. The monoisotopic (exact) mass is 337 g/mol. The van der Waals surface area contributed by atoms with Crippen molar-refractivity contribution in [3.8, 4) is 5.75 Å². The van der Waals surface area contributed by atoms with Crippen molar-refractivity contribution in [1.82, 2.24) is 0 Å². The quantitative estimate of drug-likeness (QED) is 0.408. The second kappa shape index (κ2) is 7.49. The predicted molar refractivity (Wildman–Crippen MR) is 97.2 cm³/mol. The highest BCUT2D eigenvalue weighted by Gasteiger charge is 2.25. The maximum atomic E-state index is 13.0. The first-order chi connectivity index (χ1) is 11.9. The van der Waals surface area contributed by atoms with Gasteiger partial charge < -0.3 is 15.9 Å². The molecule has 4 N–H and O–H groups in total. The molecule has 5 heteroatoms. The molecule has 0 amide bonds. The maximum absolute atomic E-state index is 13.0. The first-order valence-electron chi connectivity index (χ1n) is 7.63. The average Bonchev–Trinajstić information content (AvgIpc) is 2.57. The topological polar surface area (TPSA) is 101 Å². The minimum absolute atomic E-state index is 0.0265. The Morgan fingerprint density at radius 3 is 2.20 bits per heavy atom. The van der Waals surface area contributed by atoms with Crippen LogP contribution in [0.1, 0.15) is 37.4 Å². The highest BCUT2D eigenvalue weighted by atomic mass is 16.4. The first kappa shape index (κ1) is 18.0. The van der Waals surface area contributed by atoms with E-state index < -0.39 is 17.5 Å². The Labute approximate surface area is 145 Å². The number of carbonyl (C=O) groups excluding carboxylic acids is 1. The van der Waals surface area contributed by atoms with Gasteiger partial charge in [-0.05, 0) is 54.3 Å². The van der Waals surface area contributed by atoms with Crippen molar-refractivity contribution < 1.29 is 19.8 Å². The highest BCUT2D eigenvalue weighted by Crippen LogP contribution is 2.33. The minimum atomic E-state index is -1.31. The molecule has 5 nitrogen and oxygen atoms in total. The van der Waals surface area contributed by atoms with Gasteiger partial charge in [-0.3, -0.25) is 4.79 Å². The van der Waals surface area contributed by atoms with Crippen LogP contribution in [0.25, 0.3) is 0 Å². The number of aromatic carboxylic acids is 1. The molecule has 2 aromatic rings. The fraction of sp³-hybridized carbons (Fsp3) is 0.100. The Morgan fingerprint density at radius 1 is 1.08 bits per heavy atom. The zero-order valence-electron chi connectivity index (χ0n) is 13.7. The molecule has 0 heterocycles. The summed E-state index contributed by atoms with van der Waals surface area (Å²) in [6.07, 6.45) is 3.89. The normalized spacial score (nSPS) is 10.2. The number of hydrogen-bond donors (Lipinski definition) is 3. The fourth-order valence-electron chi connectivity index (χ4n) is 2.67. The van der Waals surface area contributed by atoms with Crippen molar-refractivity contribution in [1.29, 1.82) is 0 Å². The molecule has 2 rings (SSSR count). The van der Waals surface area contributed by atoms with Crippen molar-refractivity contribution in [2.45, 2.75) is 12.8 Å². The number of carbonyl (C=O) groups is 2. The number of hydrogen-bond acceptors (Lipinski definition) is 4. The Balaban J connectivity index is 2.77. The number of phenols is 1. The van der Waals surface area contributed by atoms with Crippen LogP contribution in [-0.4, -0.2) is 22.0 Å². The van der Waals surface area contributed by atoms with E-state index in [9.17, 15) is 19.8 Å². The van der Waals surface area contributed by atoms with Crippen molar-refractivity contribution in [3.05, 3.63) is 83.5 Å². The number of nitrogens with two attached hydrogens (primary N) is 1. The van der Waals surface area contributed by atoms with Crippen LogP contribution in [-0.2, 0) is 12.8 Å². The molecule has 0 aromatic heterocycles. The SMILES string of the molecule is C=CCc1cc(C(=O)O)c(O)c(C(=O)c2ccc(N)cc2)c1CC=C. The lowest BCUT2D eigenvalue weighted by Crippen LogP contribution is -2.12. The van der Waals surface area contributed by atoms with Crippen LogP contribution in [0.4, 0.5) is 5.69 Å². The third-order valence-electron chi connectivity index (χ3n) is 3.84. The number of benzene rings is 2. The lowest BCUT2D eigenvalue weighted by molar-refractivity contribution is 0.0693. The number of aromatic hydroxyl groups is 1. The van der Waals surface area contributed by atoms with E-state index in [-0.39, 0.29) is 11.1 Å². The van der Waals surface area contributed by atoms with Gasteiger partial charge in [0.1, 0.15) is 11.3 Å². The molecule has 0 fully saturated rings. The summed E-state index contributed by atoms with van der Waals surface area (Å²) in [4.78, 5) is 24.4. The molecule has 0 bridgehead atoms. The van der Waals surface area contributed by atoms with E-state index in [0.29, 0.717) is 35.2 Å². The Morgan fingerprint density at radius 2 is 1.68 bits per heavy atom. The largest absolute Gasteiger partial charge is 0.506 e. The van der Waals surface area contributed by atoms with E-state index in [1.807, 2.05) is 0 Å². The van der Waals surface area contributed by atoms with E-state index in [4.69, 9.17) is 5.73 Å². The van der Waals surface area contributed by atoms with Crippen molar-refractivity contribution in [2.75, 3.05) is 5.73 Å². The van der Waals surface area contributed by atoms with Gasteiger partial charge in [0, 0.05) is 11.3 Å². The molecule has 25 heavy (non-hydrogen) atoms. The van der Waals surface area contributed by atoms with Gasteiger partial charge in [0.25, 0.3) is 0 Å². The summed E-state index contributed by atoms with van der Waals surface area (Å²) in [5.41, 5.74) is 7.26. The number of rotatable bonds is 7. The molecule has 0 radical (unpaired) electrons. The Bertz CT molecular complexity index is 851. The number of nitrogen functional groups attached to an aromatic ring is 1. The van der Waals surface area contributed by atoms with E-state index in [2.05, 4.69) is 13.2 Å². The van der Waals surface area contributed by atoms with Crippen molar-refractivity contribution in [2.24, 2.45) is 0 Å².